The highest BCUT2D eigenvalue weighted by atomic mass is 35.5. The minimum absolute atomic E-state index is 0.180. The maximum absolute atomic E-state index is 11.4. The summed E-state index contributed by atoms with van der Waals surface area (Å²) in [6.45, 7) is 2.33. The Bertz CT molecular complexity index is 381. The van der Waals surface area contributed by atoms with Gasteiger partial charge in [0, 0.05) is 18.3 Å². The molecule has 13 heavy (non-hydrogen) atoms. The van der Waals surface area contributed by atoms with Crippen molar-refractivity contribution in [3.8, 4) is 0 Å². The molecular formula is C9H11ClN2O. The maximum Gasteiger partial charge on any atom is 0.273 e. The van der Waals surface area contributed by atoms with Crippen LogP contribution in [0.3, 0.4) is 0 Å². The molecule has 3 nitrogen and oxygen atoms in total. The van der Waals surface area contributed by atoms with Crippen LogP contribution >= 0.6 is 11.6 Å². The topological polar surface area (TPSA) is 48.0 Å². The van der Waals surface area contributed by atoms with E-state index in [9.17, 15) is 4.79 Å². The molecule has 0 aliphatic rings. The van der Waals surface area contributed by atoms with Crippen molar-refractivity contribution in [1.29, 1.82) is 0 Å². The summed E-state index contributed by atoms with van der Waals surface area (Å²) >= 11 is 5.49. The largest absolute Gasteiger partial charge is 0.394 e. The number of aromatic nitrogens is 1. The van der Waals surface area contributed by atoms with Crippen LogP contribution in [0, 0.1) is 0 Å². The monoisotopic (exact) mass is 198 g/mol. The molecule has 1 rings (SSSR count). The van der Waals surface area contributed by atoms with Gasteiger partial charge in [-0.2, -0.15) is 0 Å². The molecule has 0 aromatic carbocycles. The summed E-state index contributed by atoms with van der Waals surface area (Å²) in [5.41, 5.74) is 7.89. The van der Waals surface area contributed by atoms with Gasteiger partial charge in [-0.05, 0) is 24.6 Å². The molecule has 0 saturated heterocycles. The van der Waals surface area contributed by atoms with Gasteiger partial charge < -0.3 is 10.3 Å². The number of nitrogens with zero attached hydrogens (tertiary/aromatic N) is 1. The van der Waals surface area contributed by atoms with Gasteiger partial charge in [0.25, 0.3) is 5.56 Å². The van der Waals surface area contributed by atoms with E-state index in [-0.39, 0.29) is 11.2 Å². The van der Waals surface area contributed by atoms with E-state index < -0.39 is 0 Å². The highest BCUT2D eigenvalue weighted by molar-refractivity contribution is 6.25. The van der Waals surface area contributed by atoms with Gasteiger partial charge in [-0.3, -0.25) is 4.79 Å². The van der Waals surface area contributed by atoms with E-state index in [2.05, 4.69) is 0 Å². The number of allylic oxidation sites excluding steroid dienone is 1. The second-order valence-corrected chi connectivity index (χ2v) is 3.07. The van der Waals surface area contributed by atoms with Crippen LogP contribution in [0.25, 0.3) is 0 Å². The molecule has 1 aromatic rings. The van der Waals surface area contributed by atoms with Crippen LogP contribution in [0.2, 0.25) is 0 Å². The summed E-state index contributed by atoms with van der Waals surface area (Å²) < 4.78 is 1.52. The number of hydrogen-bond donors (Lipinski definition) is 1. The minimum atomic E-state index is -0.180. The summed E-state index contributed by atoms with van der Waals surface area (Å²) in [5.74, 6) is 0. The van der Waals surface area contributed by atoms with E-state index in [1.165, 1.54) is 10.1 Å². The number of pyridine rings is 1. The fourth-order valence-electron chi connectivity index (χ4n) is 0.983. The lowest BCUT2D eigenvalue weighted by atomic mass is 10.3. The first-order valence-electron chi connectivity index (χ1n) is 3.86. The molecule has 0 saturated carbocycles. The normalized spacial score (nSPS) is 11.7. The van der Waals surface area contributed by atoms with E-state index in [0.717, 1.165) is 5.57 Å². The second kappa shape index (κ2) is 4.14. The van der Waals surface area contributed by atoms with Crippen LogP contribution in [0.1, 0.15) is 6.92 Å². The van der Waals surface area contributed by atoms with Crippen molar-refractivity contribution < 1.29 is 0 Å². The zero-order chi connectivity index (χ0) is 9.84. The second-order valence-electron chi connectivity index (χ2n) is 2.85. The molecule has 4 heteroatoms. The van der Waals surface area contributed by atoms with Gasteiger partial charge in [0.1, 0.15) is 0 Å². The molecule has 1 aromatic heterocycles. The zero-order valence-corrected chi connectivity index (χ0v) is 8.08. The molecule has 0 aliphatic carbocycles. The summed E-state index contributed by atoms with van der Waals surface area (Å²) in [5, 5.41) is 0. The molecular weight excluding hydrogens is 188 g/mol. The van der Waals surface area contributed by atoms with Crippen molar-refractivity contribution in [3.63, 3.8) is 0 Å². The van der Waals surface area contributed by atoms with Crippen molar-refractivity contribution in [2.24, 2.45) is 0 Å². The van der Waals surface area contributed by atoms with Crippen LogP contribution in [-0.2, 0) is 6.54 Å². The van der Waals surface area contributed by atoms with E-state index in [1.807, 2.05) is 6.92 Å². The molecule has 0 aliphatic heterocycles. The Labute approximate surface area is 81.4 Å². The van der Waals surface area contributed by atoms with Gasteiger partial charge in [-0.1, -0.05) is 11.6 Å². The first-order chi connectivity index (χ1) is 6.15. The summed E-state index contributed by atoms with van der Waals surface area (Å²) in [4.78, 5) is 11.4. The first-order valence-corrected chi connectivity index (χ1v) is 4.29. The molecule has 70 valence electrons. The Hall–Kier alpha value is -1.22. The van der Waals surface area contributed by atoms with Gasteiger partial charge in [-0.15, -0.1) is 0 Å². The summed E-state index contributed by atoms with van der Waals surface area (Å²) in [6, 6.07) is 3.32. The van der Waals surface area contributed by atoms with Gasteiger partial charge in [-0.25, -0.2) is 0 Å². The number of halogens is 1. The standard InChI is InChI=1S/C9H11ClN2O/c1-7(5-10)6-12-4-2-3-8(11)9(12)13/h2-5H,6,11H2,1H3/b7-5+. The summed E-state index contributed by atoms with van der Waals surface area (Å²) in [7, 11) is 0. The van der Waals surface area contributed by atoms with Crippen LogP contribution in [0.15, 0.2) is 34.2 Å². The third-order valence-electron chi connectivity index (χ3n) is 1.66. The highest BCUT2D eigenvalue weighted by Crippen LogP contribution is 1.99. The average molecular weight is 199 g/mol. The minimum Gasteiger partial charge on any atom is -0.394 e. The van der Waals surface area contributed by atoms with E-state index in [4.69, 9.17) is 17.3 Å². The Balaban J connectivity index is 3.03. The Morgan fingerprint density at radius 1 is 1.77 bits per heavy atom. The van der Waals surface area contributed by atoms with Crippen LogP contribution < -0.4 is 11.3 Å². The number of nitrogen functional groups attached to an aromatic ring is 1. The van der Waals surface area contributed by atoms with Crippen LogP contribution in [-0.4, -0.2) is 4.57 Å². The maximum atomic E-state index is 11.4. The number of anilines is 1. The lowest BCUT2D eigenvalue weighted by Crippen LogP contribution is -2.22. The van der Waals surface area contributed by atoms with E-state index in [1.54, 1.807) is 18.3 Å². The molecule has 2 N–H and O–H groups in total. The fraction of sp³-hybridized carbons (Fsp3) is 0.222. The van der Waals surface area contributed by atoms with Crippen molar-refractivity contribution in [2.75, 3.05) is 5.73 Å². The number of hydrogen-bond acceptors (Lipinski definition) is 2. The Morgan fingerprint density at radius 2 is 2.46 bits per heavy atom. The molecule has 0 spiro atoms. The van der Waals surface area contributed by atoms with Gasteiger partial charge in [0.05, 0.1) is 5.69 Å². The highest BCUT2D eigenvalue weighted by Gasteiger charge is 1.98. The molecule has 0 unspecified atom stereocenters. The summed E-state index contributed by atoms with van der Waals surface area (Å²) in [6.07, 6.45) is 1.68. The first kappa shape index (κ1) is 9.86. The van der Waals surface area contributed by atoms with Crippen molar-refractivity contribution in [2.45, 2.75) is 13.5 Å². The van der Waals surface area contributed by atoms with E-state index in [0.29, 0.717) is 6.54 Å². The molecule has 1 heterocycles. The van der Waals surface area contributed by atoms with Gasteiger partial charge >= 0.3 is 0 Å². The lowest BCUT2D eigenvalue weighted by molar-refractivity contribution is 0.750. The quantitative estimate of drug-likeness (QED) is 0.784. The fourth-order valence-corrected chi connectivity index (χ4v) is 1.05. The SMILES string of the molecule is C/C(=C\Cl)Cn1cccc(N)c1=O. The molecule has 0 fully saturated rings. The Morgan fingerprint density at radius 3 is 3.08 bits per heavy atom. The third-order valence-corrected chi connectivity index (χ3v) is 2.03. The Kier molecular flexibility index (Phi) is 3.14. The third kappa shape index (κ3) is 2.36. The zero-order valence-electron chi connectivity index (χ0n) is 7.33. The van der Waals surface area contributed by atoms with Crippen LogP contribution in [0.4, 0.5) is 5.69 Å². The molecule has 0 radical (unpaired) electrons. The lowest BCUT2D eigenvalue weighted by Gasteiger charge is -2.05. The molecule has 0 amide bonds. The van der Waals surface area contributed by atoms with Crippen molar-refractivity contribution in [1.82, 2.24) is 4.57 Å². The average Bonchev–Trinajstić information content (AvgIpc) is 2.13. The predicted molar refractivity (Wildman–Crippen MR) is 54.7 cm³/mol. The number of nitrogens with two attached hydrogens (primary N) is 1. The van der Waals surface area contributed by atoms with Crippen molar-refractivity contribution >= 4 is 17.3 Å². The predicted octanol–water partition coefficient (Wildman–Crippen LogP) is 1.57. The molecule has 0 atom stereocenters. The number of rotatable bonds is 2. The smallest absolute Gasteiger partial charge is 0.273 e. The van der Waals surface area contributed by atoms with Gasteiger partial charge in [0.2, 0.25) is 0 Å². The van der Waals surface area contributed by atoms with Crippen LogP contribution in [0.5, 0.6) is 0 Å². The van der Waals surface area contributed by atoms with Crippen molar-refractivity contribution in [3.05, 3.63) is 39.8 Å². The van der Waals surface area contributed by atoms with E-state index >= 15 is 0 Å². The van der Waals surface area contributed by atoms with Gasteiger partial charge in [0.15, 0.2) is 0 Å². The molecule has 0 bridgehead atoms.